The number of nitriles is 1. The van der Waals surface area contributed by atoms with Crippen molar-refractivity contribution in [2.45, 2.75) is 0 Å². The Balaban J connectivity index is 2.16. The van der Waals surface area contributed by atoms with Gasteiger partial charge < -0.3 is 15.7 Å². The minimum atomic E-state index is -0.807. The van der Waals surface area contributed by atoms with Crippen molar-refractivity contribution in [3.63, 3.8) is 0 Å². The summed E-state index contributed by atoms with van der Waals surface area (Å²) >= 11 is 0. The van der Waals surface area contributed by atoms with Crippen LogP contribution in [0.3, 0.4) is 0 Å². The molecular weight excluding hydrogens is 304 g/mol. The molecule has 0 heterocycles. The summed E-state index contributed by atoms with van der Waals surface area (Å²) in [5.41, 5.74) is -0.472. The standard InChI is InChI=1S/C16H11F2N3O2/c17-11-5-6-12(18)14(7-11)20-9-10(8-19)16(23)21-13-3-1-2-4-15(13)22/h1-7,9,20,22H,(H,21,23)/b10-9-. The molecule has 0 bridgehead atoms. The van der Waals surface area contributed by atoms with Crippen LogP contribution < -0.4 is 10.6 Å². The van der Waals surface area contributed by atoms with E-state index in [9.17, 15) is 18.7 Å². The number of para-hydroxylation sites is 2. The lowest BCUT2D eigenvalue weighted by molar-refractivity contribution is -0.112. The third-order valence-corrected chi connectivity index (χ3v) is 2.82. The van der Waals surface area contributed by atoms with Gasteiger partial charge in [-0.05, 0) is 24.3 Å². The molecule has 7 heteroatoms. The number of carbonyl (C=O) groups excluding carboxylic acids is 1. The summed E-state index contributed by atoms with van der Waals surface area (Å²) in [7, 11) is 0. The first-order valence-electron chi connectivity index (χ1n) is 6.42. The van der Waals surface area contributed by atoms with Crippen LogP contribution in [-0.4, -0.2) is 11.0 Å². The smallest absolute Gasteiger partial charge is 0.267 e. The van der Waals surface area contributed by atoms with Crippen LogP contribution in [0.1, 0.15) is 0 Å². The number of nitrogens with one attached hydrogen (secondary N) is 2. The van der Waals surface area contributed by atoms with E-state index in [0.717, 1.165) is 24.4 Å². The highest BCUT2D eigenvalue weighted by atomic mass is 19.1. The molecule has 0 aliphatic rings. The Bertz CT molecular complexity index is 813. The van der Waals surface area contributed by atoms with Crippen molar-refractivity contribution in [1.82, 2.24) is 0 Å². The Morgan fingerprint density at radius 3 is 2.61 bits per heavy atom. The number of halogens is 2. The molecule has 0 saturated carbocycles. The zero-order valence-corrected chi connectivity index (χ0v) is 11.7. The number of hydrogen-bond acceptors (Lipinski definition) is 4. The molecule has 1 amide bonds. The number of amides is 1. The van der Waals surface area contributed by atoms with Gasteiger partial charge >= 0.3 is 0 Å². The number of benzene rings is 2. The van der Waals surface area contributed by atoms with Crippen molar-refractivity contribution in [2.75, 3.05) is 10.6 Å². The highest BCUT2D eigenvalue weighted by Gasteiger charge is 2.12. The minimum Gasteiger partial charge on any atom is -0.506 e. The number of carbonyl (C=O) groups is 1. The summed E-state index contributed by atoms with van der Waals surface area (Å²) in [6.07, 6.45) is 0.952. The molecule has 0 radical (unpaired) electrons. The predicted molar refractivity (Wildman–Crippen MR) is 80.4 cm³/mol. The molecule has 0 spiro atoms. The van der Waals surface area contributed by atoms with E-state index < -0.39 is 17.5 Å². The van der Waals surface area contributed by atoms with Crippen LogP contribution in [0.2, 0.25) is 0 Å². The van der Waals surface area contributed by atoms with E-state index in [2.05, 4.69) is 10.6 Å². The summed E-state index contributed by atoms with van der Waals surface area (Å²) < 4.78 is 26.5. The van der Waals surface area contributed by atoms with Gasteiger partial charge in [-0.3, -0.25) is 4.79 Å². The van der Waals surface area contributed by atoms with Gasteiger partial charge in [0.1, 0.15) is 29.0 Å². The first-order valence-corrected chi connectivity index (χ1v) is 6.42. The first kappa shape index (κ1) is 16.0. The van der Waals surface area contributed by atoms with E-state index in [-0.39, 0.29) is 22.7 Å². The molecule has 0 aromatic heterocycles. The Morgan fingerprint density at radius 2 is 1.91 bits per heavy atom. The topological polar surface area (TPSA) is 85.2 Å². The fourth-order valence-corrected chi connectivity index (χ4v) is 1.68. The van der Waals surface area contributed by atoms with Gasteiger partial charge in [-0.25, -0.2) is 8.78 Å². The number of phenolic OH excluding ortho intramolecular Hbond substituents is 1. The van der Waals surface area contributed by atoms with E-state index in [1.165, 1.54) is 12.1 Å². The molecule has 0 unspecified atom stereocenters. The van der Waals surface area contributed by atoms with Crippen LogP contribution in [0, 0.1) is 23.0 Å². The van der Waals surface area contributed by atoms with E-state index in [0.29, 0.717) is 0 Å². The highest BCUT2D eigenvalue weighted by molar-refractivity contribution is 6.07. The normalized spacial score (nSPS) is 10.7. The van der Waals surface area contributed by atoms with E-state index in [1.807, 2.05) is 0 Å². The van der Waals surface area contributed by atoms with E-state index >= 15 is 0 Å². The fourth-order valence-electron chi connectivity index (χ4n) is 1.68. The Labute approximate surface area is 130 Å². The van der Waals surface area contributed by atoms with Crippen LogP contribution in [0.25, 0.3) is 0 Å². The number of nitrogens with zero attached hydrogens (tertiary/aromatic N) is 1. The van der Waals surface area contributed by atoms with Crippen LogP contribution in [0.5, 0.6) is 5.75 Å². The summed E-state index contributed by atoms with van der Waals surface area (Å²) in [5, 5.41) is 23.3. The Morgan fingerprint density at radius 1 is 1.17 bits per heavy atom. The minimum absolute atomic E-state index is 0.121. The number of hydrogen-bond donors (Lipinski definition) is 3. The van der Waals surface area contributed by atoms with Gasteiger partial charge in [0.05, 0.1) is 11.4 Å². The maximum absolute atomic E-state index is 13.4. The molecule has 0 atom stereocenters. The lowest BCUT2D eigenvalue weighted by atomic mass is 10.2. The lowest BCUT2D eigenvalue weighted by Crippen LogP contribution is -2.14. The van der Waals surface area contributed by atoms with Crippen molar-refractivity contribution in [3.05, 3.63) is 65.9 Å². The molecule has 116 valence electrons. The van der Waals surface area contributed by atoms with Gasteiger partial charge in [0.15, 0.2) is 0 Å². The molecular formula is C16H11F2N3O2. The second kappa shape index (κ2) is 7.04. The third-order valence-electron chi connectivity index (χ3n) is 2.82. The van der Waals surface area contributed by atoms with Crippen LogP contribution in [0.15, 0.2) is 54.2 Å². The molecule has 3 N–H and O–H groups in total. The molecule has 2 aromatic rings. The monoisotopic (exact) mass is 315 g/mol. The molecule has 2 rings (SSSR count). The fraction of sp³-hybridized carbons (Fsp3) is 0. The maximum atomic E-state index is 13.4. The molecule has 0 saturated heterocycles. The summed E-state index contributed by atoms with van der Waals surface area (Å²) in [4.78, 5) is 11.9. The summed E-state index contributed by atoms with van der Waals surface area (Å²) in [6, 6.07) is 10.4. The van der Waals surface area contributed by atoms with E-state index in [1.54, 1.807) is 18.2 Å². The average Bonchev–Trinajstić information content (AvgIpc) is 2.53. The van der Waals surface area contributed by atoms with Crippen molar-refractivity contribution < 1.29 is 18.7 Å². The van der Waals surface area contributed by atoms with Crippen LogP contribution >= 0.6 is 0 Å². The quantitative estimate of drug-likeness (QED) is 0.460. The van der Waals surface area contributed by atoms with Gasteiger partial charge in [0.2, 0.25) is 0 Å². The van der Waals surface area contributed by atoms with Crippen molar-refractivity contribution >= 4 is 17.3 Å². The molecule has 5 nitrogen and oxygen atoms in total. The number of aromatic hydroxyl groups is 1. The van der Waals surface area contributed by atoms with Gasteiger partial charge in [-0.2, -0.15) is 5.26 Å². The second-order valence-corrected chi connectivity index (χ2v) is 4.41. The zero-order valence-electron chi connectivity index (χ0n) is 11.7. The largest absolute Gasteiger partial charge is 0.506 e. The highest BCUT2D eigenvalue weighted by Crippen LogP contribution is 2.22. The predicted octanol–water partition coefficient (Wildman–Crippen LogP) is 3.13. The first-order chi connectivity index (χ1) is 11.0. The number of rotatable bonds is 4. The van der Waals surface area contributed by atoms with Crippen molar-refractivity contribution in [2.24, 2.45) is 0 Å². The summed E-state index contributed by atoms with van der Waals surface area (Å²) in [5.74, 6) is -2.37. The average molecular weight is 315 g/mol. The van der Waals surface area contributed by atoms with Gasteiger partial charge in [-0.15, -0.1) is 0 Å². The van der Waals surface area contributed by atoms with Crippen LogP contribution in [-0.2, 0) is 4.79 Å². The van der Waals surface area contributed by atoms with Gasteiger partial charge in [-0.1, -0.05) is 12.1 Å². The number of anilines is 2. The lowest BCUT2D eigenvalue weighted by Gasteiger charge is -2.07. The zero-order chi connectivity index (χ0) is 16.8. The second-order valence-electron chi connectivity index (χ2n) is 4.41. The molecule has 2 aromatic carbocycles. The molecule has 23 heavy (non-hydrogen) atoms. The SMILES string of the molecule is N#C/C(=C/Nc1cc(F)ccc1F)C(=O)Nc1ccccc1O. The molecule has 0 fully saturated rings. The molecule has 0 aliphatic heterocycles. The summed E-state index contributed by atoms with van der Waals surface area (Å²) in [6.45, 7) is 0. The van der Waals surface area contributed by atoms with Gasteiger partial charge in [0.25, 0.3) is 5.91 Å². The van der Waals surface area contributed by atoms with Crippen molar-refractivity contribution in [1.29, 1.82) is 5.26 Å². The maximum Gasteiger partial charge on any atom is 0.267 e. The Kier molecular flexibility index (Phi) is 4.89. The Hall–Kier alpha value is -3.40. The van der Waals surface area contributed by atoms with Gasteiger partial charge in [0, 0.05) is 12.3 Å². The number of phenols is 1. The van der Waals surface area contributed by atoms with Crippen LogP contribution in [0.4, 0.5) is 20.2 Å². The van der Waals surface area contributed by atoms with E-state index in [4.69, 9.17) is 5.26 Å². The third kappa shape index (κ3) is 4.04. The molecule has 0 aliphatic carbocycles. The van der Waals surface area contributed by atoms with Crippen molar-refractivity contribution in [3.8, 4) is 11.8 Å².